The smallest absolute Gasteiger partial charge is 0.387 e. The highest BCUT2D eigenvalue weighted by Gasteiger charge is 2.54. The van der Waals surface area contributed by atoms with Gasteiger partial charge in [0.15, 0.2) is 6.23 Å². The van der Waals surface area contributed by atoms with E-state index in [0.717, 1.165) is 6.33 Å². The number of amides is 1. The monoisotopic (exact) mass is 427 g/mol. The Bertz CT molecular complexity index is 1070. The van der Waals surface area contributed by atoms with Crippen molar-refractivity contribution in [1.82, 2.24) is 14.5 Å². The van der Waals surface area contributed by atoms with Gasteiger partial charge < -0.3 is 40.8 Å². The summed E-state index contributed by atoms with van der Waals surface area (Å²) in [5.74, 6) is 3.86. The first-order valence-corrected chi connectivity index (χ1v) is 9.63. The fourth-order valence-corrected chi connectivity index (χ4v) is 3.40. The fourth-order valence-electron chi connectivity index (χ4n) is 3.06. The maximum absolute atomic E-state index is 11.0. The Balaban J connectivity index is 2.06. The van der Waals surface area contributed by atoms with Gasteiger partial charge in [-0.25, -0.2) is 14.5 Å². The van der Waals surface area contributed by atoms with E-state index in [2.05, 4.69) is 26.3 Å². The lowest BCUT2D eigenvalue weighted by atomic mass is 9.96. The van der Waals surface area contributed by atoms with Gasteiger partial charge in [-0.05, 0) is 6.92 Å². The van der Waals surface area contributed by atoms with E-state index in [1.165, 1.54) is 17.7 Å². The van der Waals surface area contributed by atoms with Crippen molar-refractivity contribution >= 4 is 30.6 Å². The minimum absolute atomic E-state index is 0.0436. The molecule has 3 heterocycles. The molecule has 29 heavy (non-hydrogen) atoms. The van der Waals surface area contributed by atoms with E-state index in [4.69, 9.17) is 26.0 Å². The molecule has 0 spiro atoms. The van der Waals surface area contributed by atoms with E-state index in [0.29, 0.717) is 0 Å². The highest BCUT2D eigenvalue weighted by molar-refractivity contribution is 7.46. The average Bonchev–Trinajstić information content (AvgIpc) is 3.08. The molecule has 1 fully saturated rings. The number of aromatic nitrogens is 3. The van der Waals surface area contributed by atoms with Gasteiger partial charge in [0.05, 0.1) is 17.6 Å². The van der Waals surface area contributed by atoms with Crippen LogP contribution in [0.2, 0.25) is 0 Å². The Labute approximate surface area is 163 Å². The van der Waals surface area contributed by atoms with Gasteiger partial charge in [-0.2, -0.15) is 0 Å². The molecule has 0 bridgehead atoms. The number of nitrogen functional groups attached to an aromatic ring is 1. The molecule has 14 heteroatoms. The normalized spacial score (nSPS) is 27.0. The molecule has 2 aromatic heterocycles. The summed E-state index contributed by atoms with van der Waals surface area (Å²) in [7, 11) is -4.82. The molecule has 0 unspecified atom stereocenters. The minimum atomic E-state index is -4.82. The first-order chi connectivity index (χ1) is 13.4. The summed E-state index contributed by atoms with van der Waals surface area (Å²) in [5, 5.41) is 21.5. The Hall–Kier alpha value is -2.56. The van der Waals surface area contributed by atoms with Crippen LogP contribution in [0.1, 0.15) is 18.7 Å². The summed E-state index contributed by atoms with van der Waals surface area (Å²) in [5.41, 5.74) is 9.42. The molecule has 3 rings (SSSR count). The number of ether oxygens (including phenoxy) is 1. The number of anilines is 1. The van der Waals surface area contributed by atoms with Crippen LogP contribution in [0.25, 0.3) is 11.0 Å². The van der Waals surface area contributed by atoms with Crippen molar-refractivity contribution in [2.45, 2.75) is 31.0 Å². The summed E-state index contributed by atoms with van der Waals surface area (Å²) in [6, 6.07) is 0. The summed E-state index contributed by atoms with van der Waals surface area (Å²) in [6.07, 6.45) is -1.54. The lowest BCUT2D eigenvalue weighted by molar-refractivity contribution is -0.112. The van der Waals surface area contributed by atoms with Crippen LogP contribution < -0.4 is 11.5 Å². The SMILES string of the molecule is C[C@@]1(O)[C@H](O)[C@@H](COP(=O)(O)O)O[C@H]1n1cc(C#CC(N)=O)c2c(N)ncnc21. The molecular formula is C15H18N5O8P. The zero-order valence-electron chi connectivity index (χ0n) is 15.0. The summed E-state index contributed by atoms with van der Waals surface area (Å²) < 4.78 is 22.2. The zero-order valence-corrected chi connectivity index (χ0v) is 15.9. The molecule has 13 nitrogen and oxygen atoms in total. The van der Waals surface area contributed by atoms with Crippen LogP contribution in [-0.4, -0.2) is 64.9 Å². The van der Waals surface area contributed by atoms with Crippen molar-refractivity contribution in [3.05, 3.63) is 18.1 Å². The number of nitrogens with zero attached hydrogens (tertiary/aromatic N) is 3. The maximum Gasteiger partial charge on any atom is 0.469 e. The molecule has 1 aliphatic rings. The van der Waals surface area contributed by atoms with Gasteiger partial charge in [-0.15, -0.1) is 0 Å². The first-order valence-electron chi connectivity index (χ1n) is 8.10. The summed E-state index contributed by atoms with van der Waals surface area (Å²) in [6.45, 7) is 0.591. The van der Waals surface area contributed by atoms with E-state index < -0.39 is 44.4 Å². The van der Waals surface area contributed by atoms with E-state index in [1.807, 2.05) is 0 Å². The third-order valence-corrected chi connectivity index (χ3v) is 4.86. The highest BCUT2D eigenvalue weighted by Crippen LogP contribution is 2.43. The van der Waals surface area contributed by atoms with Gasteiger partial charge in [-0.1, -0.05) is 5.92 Å². The topological polar surface area (TPSA) is 216 Å². The zero-order chi connectivity index (χ0) is 21.6. The third kappa shape index (κ3) is 4.09. The molecule has 2 aromatic rings. The van der Waals surface area contributed by atoms with Crippen molar-refractivity contribution in [2.24, 2.45) is 5.73 Å². The van der Waals surface area contributed by atoms with Crippen LogP contribution in [0.15, 0.2) is 12.5 Å². The number of nitrogens with two attached hydrogens (primary N) is 2. The largest absolute Gasteiger partial charge is 0.469 e. The standard InChI is InChI=1S/C15H18N5O8P/c1-15(23)11(22)8(5-27-29(24,25)26)28-14(15)20-4-7(2-3-9(16)21)10-12(17)18-6-19-13(10)20/h4,6,8,11,14,22-23H,5H2,1H3,(H2,16,21)(H2,17,18,19)(H2,24,25,26)/t8-,11-,14-,15-/m1/s1. The number of carbonyl (C=O) groups excluding carboxylic acids is 1. The maximum atomic E-state index is 11.0. The molecular weight excluding hydrogens is 409 g/mol. The number of rotatable bonds is 4. The number of hydrogen-bond donors (Lipinski definition) is 6. The second kappa shape index (κ2) is 7.36. The lowest BCUT2D eigenvalue weighted by Gasteiger charge is -2.27. The van der Waals surface area contributed by atoms with Crippen LogP contribution in [0.3, 0.4) is 0 Å². The number of fused-ring (bicyclic) bond motifs is 1. The molecule has 0 radical (unpaired) electrons. The molecule has 8 N–H and O–H groups in total. The van der Waals surface area contributed by atoms with E-state index >= 15 is 0 Å². The van der Waals surface area contributed by atoms with Crippen LogP contribution >= 0.6 is 7.82 Å². The Kier molecular flexibility index (Phi) is 5.37. The number of aliphatic hydroxyl groups excluding tert-OH is 1. The van der Waals surface area contributed by atoms with Gasteiger partial charge in [0.2, 0.25) is 0 Å². The van der Waals surface area contributed by atoms with Crippen LogP contribution in [-0.2, 0) is 18.6 Å². The molecule has 1 aliphatic heterocycles. The van der Waals surface area contributed by atoms with Crippen molar-refractivity contribution in [2.75, 3.05) is 12.3 Å². The minimum Gasteiger partial charge on any atom is -0.387 e. The second-order valence-corrected chi connectivity index (χ2v) is 7.75. The molecule has 0 aliphatic carbocycles. The second-order valence-electron chi connectivity index (χ2n) is 6.51. The predicted molar refractivity (Wildman–Crippen MR) is 96.5 cm³/mol. The van der Waals surface area contributed by atoms with Gasteiger partial charge in [0.25, 0.3) is 5.91 Å². The Morgan fingerprint density at radius 2 is 2.17 bits per heavy atom. The summed E-state index contributed by atoms with van der Waals surface area (Å²) in [4.78, 5) is 36.7. The first kappa shape index (κ1) is 21.2. The van der Waals surface area contributed by atoms with E-state index in [-0.39, 0.29) is 22.4 Å². The van der Waals surface area contributed by atoms with Crippen molar-refractivity contribution in [3.63, 3.8) is 0 Å². The van der Waals surface area contributed by atoms with Gasteiger partial charge >= 0.3 is 7.82 Å². The molecule has 1 saturated heterocycles. The predicted octanol–water partition coefficient (Wildman–Crippen LogP) is -2.03. The number of carbonyl (C=O) groups is 1. The van der Waals surface area contributed by atoms with Crippen molar-refractivity contribution < 1.29 is 38.6 Å². The fraction of sp³-hybridized carbons (Fsp3) is 0.400. The molecule has 0 saturated carbocycles. The third-order valence-electron chi connectivity index (χ3n) is 4.37. The van der Waals surface area contributed by atoms with E-state index in [1.54, 1.807) is 0 Å². The van der Waals surface area contributed by atoms with E-state index in [9.17, 15) is 19.6 Å². The number of hydrogen-bond acceptors (Lipinski definition) is 9. The van der Waals surface area contributed by atoms with Crippen LogP contribution in [0.4, 0.5) is 5.82 Å². The van der Waals surface area contributed by atoms with Crippen LogP contribution in [0.5, 0.6) is 0 Å². The molecule has 4 atom stereocenters. The molecule has 1 amide bonds. The van der Waals surface area contributed by atoms with Gasteiger partial charge in [0.1, 0.15) is 35.6 Å². The molecule has 156 valence electrons. The van der Waals surface area contributed by atoms with Gasteiger partial charge in [-0.3, -0.25) is 9.32 Å². The number of aliphatic hydroxyl groups is 2. The van der Waals surface area contributed by atoms with Crippen molar-refractivity contribution in [1.29, 1.82) is 0 Å². The number of primary amides is 1. The number of phosphoric acid groups is 1. The number of phosphoric ester groups is 1. The quantitative estimate of drug-likeness (QED) is 0.231. The van der Waals surface area contributed by atoms with Crippen LogP contribution in [0, 0.1) is 11.8 Å². The van der Waals surface area contributed by atoms with Gasteiger partial charge in [0, 0.05) is 12.1 Å². The average molecular weight is 427 g/mol. The molecule has 0 aromatic carbocycles. The summed E-state index contributed by atoms with van der Waals surface area (Å²) >= 11 is 0. The lowest BCUT2D eigenvalue weighted by Crippen LogP contribution is -2.44. The van der Waals surface area contributed by atoms with Crippen molar-refractivity contribution in [3.8, 4) is 11.8 Å². The Morgan fingerprint density at radius 3 is 2.79 bits per heavy atom. The highest BCUT2D eigenvalue weighted by atomic mass is 31.2. The Morgan fingerprint density at radius 1 is 1.48 bits per heavy atom.